The van der Waals surface area contributed by atoms with Crippen molar-refractivity contribution in [3.8, 4) is 0 Å². The Bertz CT molecular complexity index is 622. The van der Waals surface area contributed by atoms with Crippen LogP contribution in [0.4, 0.5) is 0 Å². The lowest BCUT2D eigenvalue weighted by Gasteiger charge is -2.12. The molecule has 1 atom stereocenters. The van der Waals surface area contributed by atoms with Gasteiger partial charge in [-0.1, -0.05) is 36.8 Å². The summed E-state index contributed by atoms with van der Waals surface area (Å²) in [6, 6.07) is 7.05. The number of amides is 1. The fourth-order valence-corrected chi connectivity index (χ4v) is 2.25. The highest BCUT2D eigenvalue weighted by molar-refractivity contribution is 5.85. The van der Waals surface area contributed by atoms with Gasteiger partial charge in [-0.2, -0.15) is 5.10 Å². The van der Waals surface area contributed by atoms with Crippen molar-refractivity contribution >= 4 is 18.3 Å². The Kier molecular flexibility index (Phi) is 6.59. The first kappa shape index (κ1) is 18.2. The molecule has 0 saturated heterocycles. The summed E-state index contributed by atoms with van der Waals surface area (Å²) in [6.45, 7) is 4.51. The van der Waals surface area contributed by atoms with Gasteiger partial charge in [0.15, 0.2) is 0 Å². The van der Waals surface area contributed by atoms with Gasteiger partial charge in [0.1, 0.15) is 6.04 Å². The molecule has 6 heteroatoms. The minimum Gasteiger partial charge on any atom is -0.350 e. The Balaban J connectivity index is 0.00000242. The molecule has 5 nitrogen and oxygen atoms in total. The van der Waals surface area contributed by atoms with Crippen molar-refractivity contribution in [1.29, 1.82) is 0 Å². The predicted molar refractivity (Wildman–Crippen MR) is 89.8 cm³/mol. The van der Waals surface area contributed by atoms with Gasteiger partial charge in [-0.05, 0) is 18.9 Å². The number of halogens is 1. The third kappa shape index (κ3) is 4.32. The van der Waals surface area contributed by atoms with Crippen LogP contribution in [0.3, 0.4) is 0 Å². The van der Waals surface area contributed by atoms with E-state index in [1.54, 1.807) is 4.68 Å². The highest BCUT2D eigenvalue weighted by atomic mass is 35.5. The topological polar surface area (TPSA) is 72.9 Å². The van der Waals surface area contributed by atoms with Crippen LogP contribution in [0.2, 0.25) is 0 Å². The van der Waals surface area contributed by atoms with Crippen molar-refractivity contribution in [1.82, 2.24) is 15.1 Å². The molecule has 0 spiro atoms. The number of aryl methyl sites for hydroxylation is 3. The average Bonchev–Trinajstić information content (AvgIpc) is 2.85. The molecule has 0 radical (unpaired) electrons. The first-order valence-electron chi connectivity index (χ1n) is 7.12. The van der Waals surface area contributed by atoms with Gasteiger partial charge in [0.25, 0.3) is 0 Å². The summed E-state index contributed by atoms with van der Waals surface area (Å²) in [5, 5.41) is 7.24. The molecule has 0 aliphatic rings. The van der Waals surface area contributed by atoms with Crippen molar-refractivity contribution in [2.24, 2.45) is 12.8 Å². The molecular formula is C16H23ClN4O. The lowest BCUT2D eigenvalue weighted by atomic mass is 10.1. The van der Waals surface area contributed by atoms with Crippen LogP contribution in [-0.2, 0) is 24.8 Å². The molecule has 1 heterocycles. The number of carbonyl (C=O) groups is 1. The largest absolute Gasteiger partial charge is 0.350 e. The van der Waals surface area contributed by atoms with Gasteiger partial charge >= 0.3 is 0 Å². The van der Waals surface area contributed by atoms with Crippen LogP contribution in [0.15, 0.2) is 30.5 Å². The van der Waals surface area contributed by atoms with E-state index in [1.165, 1.54) is 0 Å². The summed E-state index contributed by atoms with van der Waals surface area (Å²) in [5.41, 5.74) is 10.00. The zero-order valence-electron chi connectivity index (χ0n) is 13.2. The van der Waals surface area contributed by atoms with E-state index in [9.17, 15) is 4.79 Å². The maximum absolute atomic E-state index is 12.1. The van der Waals surface area contributed by atoms with E-state index in [4.69, 9.17) is 5.73 Å². The first-order chi connectivity index (χ1) is 10.0. The Morgan fingerprint density at radius 1 is 1.36 bits per heavy atom. The van der Waals surface area contributed by atoms with E-state index in [1.807, 2.05) is 51.4 Å². The second-order valence-corrected chi connectivity index (χ2v) is 5.23. The normalized spacial score (nSPS) is 11.6. The quantitative estimate of drug-likeness (QED) is 0.884. The van der Waals surface area contributed by atoms with Crippen LogP contribution in [0, 0.1) is 6.92 Å². The number of rotatable bonds is 5. The van der Waals surface area contributed by atoms with Crippen LogP contribution in [0.25, 0.3) is 0 Å². The standard InChI is InChI=1S/C16H22N4O.ClH/c1-4-14-13(10-20(3)19-14)9-18-16(21)15(17)12-7-5-11(2)6-8-12;/h5-8,10,15H,4,9,17H2,1-3H3,(H,18,21);1H. The van der Waals surface area contributed by atoms with Crippen molar-refractivity contribution in [3.05, 3.63) is 52.8 Å². The third-order valence-corrected chi connectivity index (χ3v) is 3.50. The number of benzene rings is 1. The zero-order valence-corrected chi connectivity index (χ0v) is 14.0. The van der Waals surface area contributed by atoms with Gasteiger partial charge in [0, 0.05) is 25.4 Å². The number of aromatic nitrogens is 2. The van der Waals surface area contributed by atoms with Crippen LogP contribution >= 0.6 is 12.4 Å². The van der Waals surface area contributed by atoms with Crippen molar-refractivity contribution < 1.29 is 4.79 Å². The molecule has 1 aromatic carbocycles. The van der Waals surface area contributed by atoms with Gasteiger partial charge in [0.2, 0.25) is 5.91 Å². The van der Waals surface area contributed by atoms with E-state index < -0.39 is 6.04 Å². The Labute approximate surface area is 137 Å². The summed E-state index contributed by atoms with van der Waals surface area (Å²) in [7, 11) is 1.88. The maximum atomic E-state index is 12.1. The highest BCUT2D eigenvalue weighted by Gasteiger charge is 2.16. The summed E-state index contributed by atoms with van der Waals surface area (Å²) in [4.78, 5) is 12.1. The number of hydrogen-bond acceptors (Lipinski definition) is 3. The Hall–Kier alpha value is -1.85. The molecule has 1 aromatic heterocycles. The molecule has 22 heavy (non-hydrogen) atoms. The van der Waals surface area contributed by atoms with Gasteiger partial charge in [0.05, 0.1) is 5.69 Å². The second kappa shape index (κ2) is 7.96. The molecule has 0 fully saturated rings. The molecule has 1 amide bonds. The van der Waals surface area contributed by atoms with Crippen LogP contribution in [0.5, 0.6) is 0 Å². The van der Waals surface area contributed by atoms with Crippen molar-refractivity contribution in [3.63, 3.8) is 0 Å². The summed E-state index contributed by atoms with van der Waals surface area (Å²) in [6.07, 6.45) is 2.77. The smallest absolute Gasteiger partial charge is 0.241 e. The Morgan fingerprint density at radius 2 is 2.00 bits per heavy atom. The SMILES string of the molecule is CCc1nn(C)cc1CNC(=O)C(N)c1ccc(C)cc1.Cl. The van der Waals surface area contributed by atoms with Crippen molar-refractivity contribution in [2.45, 2.75) is 32.9 Å². The lowest BCUT2D eigenvalue weighted by Crippen LogP contribution is -2.33. The molecule has 0 aliphatic carbocycles. The van der Waals surface area contributed by atoms with Crippen molar-refractivity contribution in [2.75, 3.05) is 0 Å². The molecule has 3 N–H and O–H groups in total. The molecule has 0 saturated carbocycles. The van der Waals surface area contributed by atoms with Gasteiger partial charge in [-0.3, -0.25) is 9.48 Å². The summed E-state index contributed by atoms with van der Waals surface area (Å²) >= 11 is 0. The predicted octanol–water partition coefficient (Wildman–Crippen LogP) is 2.03. The highest BCUT2D eigenvalue weighted by Crippen LogP contribution is 2.12. The van der Waals surface area contributed by atoms with Gasteiger partial charge < -0.3 is 11.1 Å². The van der Waals surface area contributed by atoms with E-state index >= 15 is 0 Å². The van der Waals surface area contributed by atoms with Crippen LogP contribution in [-0.4, -0.2) is 15.7 Å². The van der Waals surface area contributed by atoms with Crippen LogP contribution in [0.1, 0.15) is 35.3 Å². The number of hydrogen-bond donors (Lipinski definition) is 2. The van der Waals surface area contributed by atoms with E-state index in [0.717, 1.165) is 28.8 Å². The summed E-state index contributed by atoms with van der Waals surface area (Å²) < 4.78 is 1.76. The van der Waals surface area contributed by atoms with Gasteiger partial charge in [-0.15, -0.1) is 12.4 Å². The fourth-order valence-electron chi connectivity index (χ4n) is 2.25. The molecule has 2 aromatic rings. The van der Waals surface area contributed by atoms with E-state index in [0.29, 0.717) is 6.54 Å². The van der Waals surface area contributed by atoms with E-state index in [-0.39, 0.29) is 18.3 Å². The second-order valence-electron chi connectivity index (χ2n) is 5.23. The Morgan fingerprint density at radius 3 is 2.59 bits per heavy atom. The molecular weight excluding hydrogens is 300 g/mol. The molecule has 2 rings (SSSR count). The fraction of sp³-hybridized carbons (Fsp3) is 0.375. The van der Waals surface area contributed by atoms with Crippen LogP contribution < -0.4 is 11.1 Å². The minimum absolute atomic E-state index is 0. The third-order valence-electron chi connectivity index (χ3n) is 3.50. The first-order valence-corrected chi connectivity index (χ1v) is 7.12. The number of nitrogens with one attached hydrogen (secondary N) is 1. The number of nitrogens with two attached hydrogens (primary N) is 1. The number of nitrogens with zero attached hydrogens (tertiary/aromatic N) is 2. The minimum atomic E-state index is -0.646. The summed E-state index contributed by atoms with van der Waals surface area (Å²) in [5.74, 6) is -0.176. The lowest BCUT2D eigenvalue weighted by molar-refractivity contribution is -0.122. The molecule has 0 bridgehead atoms. The van der Waals surface area contributed by atoms with E-state index in [2.05, 4.69) is 10.4 Å². The molecule has 1 unspecified atom stereocenters. The van der Waals surface area contributed by atoms with Gasteiger partial charge in [-0.25, -0.2) is 0 Å². The zero-order chi connectivity index (χ0) is 15.4. The monoisotopic (exact) mass is 322 g/mol. The number of carbonyl (C=O) groups excluding carboxylic acids is 1. The molecule has 120 valence electrons. The molecule has 0 aliphatic heterocycles. The maximum Gasteiger partial charge on any atom is 0.241 e. The average molecular weight is 323 g/mol.